The first-order chi connectivity index (χ1) is 8.65. The van der Waals surface area contributed by atoms with Crippen LogP contribution in [0.15, 0.2) is 0 Å². The van der Waals surface area contributed by atoms with Gasteiger partial charge in [0, 0.05) is 19.7 Å². The van der Waals surface area contributed by atoms with E-state index in [1.807, 2.05) is 11.8 Å². The van der Waals surface area contributed by atoms with Crippen molar-refractivity contribution in [3.63, 3.8) is 0 Å². The number of hydrogen-bond acceptors (Lipinski definition) is 3. The monoisotopic (exact) mass is 254 g/mol. The van der Waals surface area contributed by atoms with E-state index in [9.17, 15) is 4.79 Å². The lowest BCUT2D eigenvalue weighted by atomic mass is 9.89. The molecule has 2 rings (SSSR count). The van der Waals surface area contributed by atoms with Crippen LogP contribution in [-0.4, -0.2) is 48.7 Å². The van der Waals surface area contributed by atoms with Crippen LogP contribution >= 0.6 is 0 Å². The fraction of sp³-hybridized carbons (Fsp3) is 0.929. The van der Waals surface area contributed by atoms with Gasteiger partial charge in [0.05, 0.1) is 11.6 Å². The molecule has 0 aromatic rings. The number of carbonyl (C=O) groups excluding carboxylic acids is 1. The van der Waals surface area contributed by atoms with Crippen LogP contribution in [0.4, 0.5) is 0 Å². The summed E-state index contributed by atoms with van der Waals surface area (Å²) in [7, 11) is 0. The second kappa shape index (κ2) is 6.02. The Morgan fingerprint density at radius 2 is 2.11 bits per heavy atom. The molecular formula is C14H26N2O2. The largest absolute Gasteiger partial charge is 0.378 e. The van der Waals surface area contributed by atoms with Gasteiger partial charge in [-0.3, -0.25) is 4.79 Å². The lowest BCUT2D eigenvalue weighted by Crippen LogP contribution is -2.59. The highest BCUT2D eigenvalue weighted by atomic mass is 16.5. The number of rotatable bonds is 3. The number of nitrogens with one attached hydrogen (secondary N) is 1. The highest BCUT2D eigenvalue weighted by Gasteiger charge is 2.38. The molecule has 1 amide bonds. The summed E-state index contributed by atoms with van der Waals surface area (Å²) in [6.07, 6.45) is 5.63. The molecule has 2 aliphatic heterocycles. The SMILES string of the molecule is CCOC1CCN(C(=O)C2(C)CCCCN2)CC1. The van der Waals surface area contributed by atoms with Crippen molar-refractivity contribution < 1.29 is 9.53 Å². The maximum atomic E-state index is 12.6. The predicted octanol–water partition coefficient (Wildman–Crippen LogP) is 1.55. The Morgan fingerprint density at radius 1 is 1.39 bits per heavy atom. The molecule has 1 atom stereocenters. The third-order valence-electron chi connectivity index (χ3n) is 4.22. The summed E-state index contributed by atoms with van der Waals surface area (Å²) in [5.41, 5.74) is -0.323. The lowest BCUT2D eigenvalue weighted by Gasteiger charge is -2.40. The molecule has 4 nitrogen and oxygen atoms in total. The summed E-state index contributed by atoms with van der Waals surface area (Å²) in [6, 6.07) is 0. The van der Waals surface area contributed by atoms with Gasteiger partial charge < -0.3 is 15.0 Å². The van der Waals surface area contributed by atoms with E-state index in [4.69, 9.17) is 4.74 Å². The summed E-state index contributed by atoms with van der Waals surface area (Å²) in [5.74, 6) is 0.289. The van der Waals surface area contributed by atoms with Gasteiger partial charge >= 0.3 is 0 Å². The molecule has 0 aromatic carbocycles. The summed E-state index contributed by atoms with van der Waals surface area (Å²) in [4.78, 5) is 14.6. The van der Waals surface area contributed by atoms with Crippen molar-refractivity contribution in [1.82, 2.24) is 10.2 Å². The zero-order valence-corrected chi connectivity index (χ0v) is 11.7. The Labute approximate surface area is 110 Å². The van der Waals surface area contributed by atoms with Crippen molar-refractivity contribution in [2.45, 2.75) is 57.6 Å². The van der Waals surface area contributed by atoms with Crippen LogP contribution in [0, 0.1) is 0 Å². The average molecular weight is 254 g/mol. The van der Waals surface area contributed by atoms with E-state index in [1.54, 1.807) is 0 Å². The molecule has 2 heterocycles. The van der Waals surface area contributed by atoms with Crippen LogP contribution in [0.2, 0.25) is 0 Å². The normalized spacial score (nSPS) is 30.4. The van der Waals surface area contributed by atoms with Crippen LogP contribution in [0.3, 0.4) is 0 Å². The highest BCUT2D eigenvalue weighted by Crippen LogP contribution is 2.23. The number of likely N-dealkylation sites (tertiary alicyclic amines) is 1. The van der Waals surface area contributed by atoms with E-state index in [0.29, 0.717) is 6.10 Å². The van der Waals surface area contributed by atoms with Crippen LogP contribution < -0.4 is 5.32 Å². The number of amides is 1. The molecule has 0 saturated carbocycles. The topological polar surface area (TPSA) is 41.6 Å². The van der Waals surface area contributed by atoms with Gasteiger partial charge in [-0.25, -0.2) is 0 Å². The zero-order chi connectivity index (χ0) is 13.0. The number of hydrogen-bond donors (Lipinski definition) is 1. The Balaban J connectivity index is 1.86. The fourth-order valence-electron chi connectivity index (χ4n) is 3.05. The van der Waals surface area contributed by atoms with E-state index in [0.717, 1.165) is 51.9 Å². The minimum atomic E-state index is -0.323. The Kier molecular flexibility index (Phi) is 4.62. The van der Waals surface area contributed by atoms with Crippen LogP contribution in [-0.2, 0) is 9.53 Å². The van der Waals surface area contributed by atoms with Gasteiger partial charge in [0.1, 0.15) is 0 Å². The summed E-state index contributed by atoms with van der Waals surface area (Å²) >= 11 is 0. The molecule has 0 aromatic heterocycles. The van der Waals surface area contributed by atoms with Crippen molar-refractivity contribution in [3.05, 3.63) is 0 Å². The van der Waals surface area contributed by atoms with Crippen molar-refractivity contribution in [1.29, 1.82) is 0 Å². The molecule has 2 aliphatic rings. The summed E-state index contributed by atoms with van der Waals surface area (Å²) in [6.45, 7) is 7.53. The van der Waals surface area contributed by atoms with E-state index >= 15 is 0 Å². The van der Waals surface area contributed by atoms with Gasteiger partial charge in [-0.05, 0) is 52.5 Å². The molecule has 0 aliphatic carbocycles. The standard InChI is InChI=1S/C14H26N2O2/c1-3-18-12-6-10-16(11-7-12)13(17)14(2)8-4-5-9-15-14/h12,15H,3-11H2,1-2H3. The van der Waals surface area contributed by atoms with Gasteiger partial charge in [0.2, 0.25) is 5.91 Å². The first-order valence-corrected chi connectivity index (χ1v) is 7.32. The van der Waals surface area contributed by atoms with Crippen molar-refractivity contribution in [2.24, 2.45) is 0 Å². The molecule has 2 saturated heterocycles. The van der Waals surface area contributed by atoms with E-state index in [-0.39, 0.29) is 11.4 Å². The lowest BCUT2D eigenvalue weighted by molar-refractivity contribution is -0.141. The van der Waals surface area contributed by atoms with E-state index in [1.165, 1.54) is 6.42 Å². The van der Waals surface area contributed by atoms with Crippen LogP contribution in [0.5, 0.6) is 0 Å². The van der Waals surface area contributed by atoms with Gasteiger partial charge in [-0.1, -0.05) is 0 Å². The number of carbonyl (C=O) groups is 1. The van der Waals surface area contributed by atoms with Crippen LogP contribution in [0.25, 0.3) is 0 Å². The second-order valence-electron chi connectivity index (χ2n) is 5.66. The van der Waals surface area contributed by atoms with Gasteiger partial charge in [-0.15, -0.1) is 0 Å². The highest BCUT2D eigenvalue weighted by molar-refractivity contribution is 5.86. The molecule has 4 heteroatoms. The first-order valence-electron chi connectivity index (χ1n) is 7.32. The first kappa shape index (κ1) is 13.8. The maximum absolute atomic E-state index is 12.6. The Hall–Kier alpha value is -0.610. The summed E-state index contributed by atoms with van der Waals surface area (Å²) < 4.78 is 5.63. The molecule has 0 bridgehead atoms. The predicted molar refractivity (Wildman–Crippen MR) is 71.5 cm³/mol. The summed E-state index contributed by atoms with van der Waals surface area (Å²) in [5, 5.41) is 3.41. The van der Waals surface area contributed by atoms with Crippen molar-refractivity contribution in [3.8, 4) is 0 Å². The van der Waals surface area contributed by atoms with E-state index in [2.05, 4.69) is 12.2 Å². The minimum Gasteiger partial charge on any atom is -0.378 e. The maximum Gasteiger partial charge on any atom is 0.242 e. The molecule has 0 spiro atoms. The average Bonchev–Trinajstić information content (AvgIpc) is 2.40. The molecule has 2 fully saturated rings. The fourth-order valence-corrected chi connectivity index (χ4v) is 3.05. The van der Waals surface area contributed by atoms with Gasteiger partial charge in [-0.2, -0.15) is 0 Å². The molecule has 1 unspecified atom stereocenters. The van der Waals surface area contributed by atoms with Crippen molar-refractivity contribution in [2.75, 3.05) is 26.2 Å². The smallest absolute Gasteiger partial charge is 0.242 e. The van der Waals surface area contributed by atoms with Crippen molar-refractivity contribution >= 4 is 5.91 Å². The minimum absolute atomic E-state index is 0.289. The molecule has 1 N–H and O–H groups in total. The number of ether oxygens (including phenoxy) is 1. The van der Waals surface area contributed by atoms with Gasteiger partial charge in [0.15, 0.2) is 0 Å². The molecular weight excluding hydrogens is 228 g/mol. The molecule has 104 valence electrons. The van der Waals surface area contributed by atoms with Crippen LogP contribution in [0.1, 0.15) is 46.0 Å². The number of nitrogens with zero attached hydrogens (tertiary/aromatic N) is 1. The van der Waals surface area contributed by atoms with Gasteiger partial charge in [0.25, 0.3) is 0 Å². The molecule has 18 heavy (non-hydrogen) atoms. The Morgan fingerprint density at radius 3 is 2.67 bits per heavy atom. The second-order valence-corrected chi connectivity index (χ2v) is 5.66. The zero-order valence-electron chi connectivity index (χ0n) is 11.7. The quantitative estimate of drug-likeness (QED) is 0.831. The third kappa shape index (κ3) is 3.04. The number of piperidine rings is 2. The Bertz CT molecular complexity index is 280. The molecule has 0 radical (unpaired) electrons. The third-order valence-corrected chi connectivity index (χ3v) is 4.22. The van der Waals surface area contributed by atoms with E-state index < -0.39 is 0 Å².